The van der Waals surface area contributed by atoms with Crippen LogP contribution in [0, 0.1) is 0 Å². The summed E-state index contributed by atoms with van der Waals surface area (Å²) in [5.74, 6) is 0.201. The third-order valence-electron chi connectivity index (χ3n) is 3.38. The fourth-order valence-corrected chi connectivity index (χ4v) is 2.58. The molecule has 0 bridgehead atoms. The van der Waals surface area contributed by atoms with Crippen LogP contribution in [-0.2, 0) is 11.3 Å². The number of carbonyl (C=O) groups excluding carboxylic acids is 1. The highest BCUT2D eigenvalue weighted by molar-refractivity contribution is 6.31. The van der Waals surface area contributed by atoms with E-state index in [2.05, 4.69) is 0 Å². The second-order valence-electron chi connectivity index (χ2n) is 5.11. The number of nitrogen functional groups attached to an aromatic ring is 1. The molecular weight excluding hydrogens is 262 g/mol. The molecule has 1 amide bonds. The van der Waals surface area contributed by atoms with E-state index >= 15 is 0 Å². The number of likely N-dealkylation sites (tertiary alicyclic amines) is 1. The van der Waals surface area contributed by atoms with Gasteiger partial charge in [-0.1, -0.05) is 17.7 Å². The Kier molecular flexibility index (Phi) is 4.66. The van der Waals surface area contributed by atoms with Crippen molar-refractivity contribution in [2.75, 3.05) is 32.4 Å². The smallest absolute Gasteiger partial charge is 0.236 e. The Labute approximate surface area is 119 Å². The van der Waals surface area contributed by atoms with Gasteiger partial charge in [-0.15, -0.1) is 0 Å². The van der Waals surface area contributed by atoms with Crippen molar-refractivity contribution < 1.29 is 4.79 Å². The standard InChI is InChI=1S/C14H20ClN3O/c1-17(10-14(19)18-6-2-3-7-18)9-11-4-5-12(16)8-13(11)15/h4-5,8H,2-3,6-7,9-10,16H2,1H3. The van der Waals surface area contributed by atoms with Crippen LogP contribution in [-0.4, -0.2) is 42.4 Å². The summed E-state index contributed by atoms with van der Waals surface area (Å²) < 4.78 is 0. The van der Waals surface area contributed by atoms with Gasteiger partial charge in [-0.05, 0) is 37.6 Å². The van der Waals surface area contributed by atoms with Crippen LogP contribution < -0.4 is 5.73 Å². The molecule has 0 unspecified atom stereocenters. The molecule has 1 heterocycles. The van der Waals surface area contributed by atoms with Crippen molar-refractivity contribution in [1.29, 1.82) is 0 Å². The molecule has 1 aliphatic rings. The van der Waals surface area contributed by atoms with Gasteiger partial charge in [0.05, 0.1) is 6.54 Å². The topological polar surface area (TPSA) is 49.6 Å². The Morgan fingerprint density at radius 1 is 1.42 bits per heavy atom. The molecule has 2 N–H and O–H groups in total. The van der Waals surface area contributed by atoms with Gasteiger partial charge in [-0.25, -0.2) is 0 Å². The van der Waals surface area contributed by atoms with Gasteiger partial charge in [-0.2, -0.15) is 0 Å². The predicted octanol–water partition coefficient (Wildman–Crippen LogP) is 1.98. The van der Waals surface area contributed by atoms with Crippen molar-refractivity contribution in [3.8, 4) is 0 Å². The van der Waals surface area contributed by atoms with Crippen LogP contribution in [0.25, 0.3) is 0 Å². The lowest BCUT2D eigenvalue weighted by atomic mass is 10.2. The highest BCUT2D eigenvalue weighted by atomic mass is 35.5. The van der Waals surface area contributed by atoms with Crippen molar-refractivity contribution in [3.05, 3.63) is 28.8 Å². The van der Waals surface area contributed by atoms with E-state index in [4.69, 9.17) is 17.3 Å². The molecule has 0 atom stereocenters. The molecule has 0 spiro atoms. The zero-order valence-electron chi connectivity index (χ0n) is 11.2. The van der Waals surface area contributed by atoms with Crippen molar-refractivity contribution in [2.45, 2.75) is 19.4 Å². The molecule has 0 aromatic heterocycles. The Balaban J connectivity index is 1.89. The maximum absolute atomic E-state index is 12.0. The van der Waals surface area contributed by atoms with E-state index in [1.807, 2.05) is 29.0 Å². The first kappa shape index (κ1) is 14.2. The van der Waals surface area contributed by atoms with Gasteiger partial charge in [0.2, 0.25) is 5.91 Å². The summed E-state index contributed by atoms with van der Waals surface area (Å²) >= 11 is 6.14. The zero-order valence-corrected chi connectivity index (χ0v) is 12.0. The minimum Gasteiger partial charge on any atom is -0.399 e. The van der Waals surface area contributed by atoms with Crippen LogP contribution in [0.3, 0.4) is 0 Å². The van der Waals surface area contributed by atoms with E-state index in [1.54, 1.807) is 6.07 Å². The molecular formula is C14H20ClN3O. The quantitative estimate of drug-likeness (QED) is 0.859. The molecule has 1 aromatic carbocycles. The molecule has 1 aliphatic heterocycles. The van der Waals surface area contributed by atoms with Crippen molar-refractivity contribution in [2.24, 2.45) is 0 Å². The molecule has 2 rings (SSSR count). The summed E-state index contributed by atoms with van der Waals surface area (Å²) in [5.41, 5.74) is 7.31. The van der Waals surface area contributed by atoms with Gasteiger partial charge in [0, 0.05) is 30.3 Å². The number of hydrogen-bond donors (Lipinski definition) is 1. The normalized spacial score (nSPS) is 15.2. The number of halogens is 1. The van der Waals surface area contributed by atoms with Gasteiger partial charge in [0.1, 0.15) is 0 Å². The van der Waals surface area contributed by atoms with Crippen LogP contribution in [0.1, 0.15) is 18.4 Å². The second-order valence-corrected chi connectivity index (χ2v) is 5.52. The van der Waals surface area contributed by atoms with Crippen LogP contribution in [0.4, 0.5) is 5.69 Å². The largest absolute Gasteiger partial charge is 0.399 e. The van der Waals surface area contributed by atoms with Gasteiger partial charge >= 0.3 is 0 Å². The molecule has 0 aliphatic carbocycles. The number of rotatable bonds is 4. The predicted molar refractivity (Wildman–Crippen MR) is 78.0 cm³/mol. The van der Waals surface area contributed by atoms with Gasteiger partial charge in [0.15, 0.2) is 0 Å². The number of amides is 1. The van der Waals surface area contributed by atoms with Crippen LogP contribution >= 0.6 is 11.6 Å². The number of nitrogens with zero attached hydrogens (tertiary/aromatic N) is 2. The van der Waals surface area contributed by atoms with E-state index < -0.39 is 0 Å². The maximum Gasteiger partial charge on any atom is 0.236 e. The van der Waals surface area contributed by atoms with E-state index in [9.17, 15) is 4.79 Å². The Hall–Kier alpha value is -1.26. The Morgan fingerprint density at radius 3 is 2.74 bits per heavy atom. The summed E-state index contributed by atoms with van der Waals surface area (Å²) in [6.07, 6.45) is 2.25. The number of nitrogens with two attached hydrogens (primary N) is 1. The minimum absolute atomic E-state index is 0.201. The Morgan fingerprint density at radius 2 is 2.11 bits per heavy atom. The highest BCUT2D eigenvalue weighted by Crippen LogP contribution is 2.20. The lowest BCUT2D eigenvalue weighted by Gasteiger charge is -2.21. The summed E-state index contributed by atoms with van der Waals surface area (Å²) in [6.45, 7) is 2.88. The first-order valence-corrected chi connectivity index (χ1v) is 6.94. The first-order valence-electron chi connectivity index (χ1n) is 6.56. The summed E-state index contributed by atoms with van der Waals surface area (Å²) in [4.78, 5) is 15.9. The summed E-state index contributed by atoms with van der Waals surface area (Å²) in [7, 11) is 1.93. The fraction of sp³-hybridized carbons (Fsp3) is 0.500. The Bertz CT molecular complexity index is 458. The number of hydrogen-bond acceptors (Lipinski definition) is 3. The third-order valence-corrected chi connectivity index (χ3v) is 3.73. The molecule has 0 saturated carbocycles. The molecule has 1 aromatic rings. The maximum atomic E-state index is 12.0. The first-order chi connectivity index (χ1) is 9.06. The van der Waals surface area contributed by atoms with Crippen molar-refractivity contribution >= 4 is 23.2 Å². The third kappa shape index (κ3) is 3.85. The van der Waals surface area contributed by atoms with Gasteiger partial charge < -0.3 is 10.6 Å². The van der Waals surface area contributed by atoms with E-state index in [1.165, 1.54) is 0 Å². The van der Waals surface area contributed by atoms with Crippen LogP contribution in [0.5, 0.6) is 0 Å². The SMILES string of the molecule is CN(CC(=O)N1CCCC1)Cc1ccc(N)cc1Cl. The molecule has 1 fully saturated rings. The van der Waals surface area contributed by atoms with E-state index in [-0.39, 0.29) is 5.91 Å². The molecule has 5 heteroatoms. The minimum atomic E-state index is 0.201. The van der Waals surface area contributed by atoms with Gasteiger partial charge in [-0.3, -0.25) is 9.69 Å². The van der Waals surface area contributed by atoms with Crippen molar-refractivity contribution in [3.63, 3.8) is 0 Å². The monoisotopic (exact) mass is 281 g/mol. The number of benzene rings is 1. The molecule has 0 radical (unpaired) electrons. The summed E-state index contributed by atoms with van der Waals surface area (Å²) in [5, 5.41) is 0.653. The van der Waals surface area contributed by atoms with E-state index in [0.29, 0.717) is 23.8 Å². The zero-order chi connectivity index (χ0) is 13.8. The average Bonchev–Trinajstić information content (AvgIpc) is 2.86. The number of carbonyl (C=O) groups is 1. The van der Waals surface area contributed by atoms with Crippen LogP contribution in [0.15, 0.2) is 18.2 Å². The second kappa shape index (κ2) is 6.26. The van der Waals surface area contributed by atoms with Gasteiger partial charge in [0.25, 0.3) is 0 Å². The number of likely N-dealkylation sites (N-methyl/N-ethyl adjacent to an activating group) is 1. The van der Waals surface area contributed by atoms with E-state index in [0.717, 1.165) is 31.5 Å². The lowest BCUT2D eigenvalue weighted by molar-refractivity contribution is -0.131. The summed E-state index contributed by atoms with van der Waals surface area (Å²) in [6, 6.07) is 5.48. The molecule has 104 valence electrons. The van der Waals surface area contributed by atoms with Crippen molar-refractivity contribution in [1.82, 2.24) is 9.80 Å². The molecule has 4 nitrogen and oxygen atoms in total. The fourth-order valence-electron chi connectivity index (χ4n) is 2.34. The van der Waals surface area contributed by atoms with Crippen LogP contribution in [0.2, 0.25) is 5.02 Å². The number of anilines is 1. The molecule has 1 saturated heterocycles. The highest BCUT2D eigenvalue weighted by Gasteiger charge is 2.19. The average molecular weight is 282 g/mol. The molecule has 19 heavy (non-hydrogen) atoms. The lowest BCUT2D eigenvalue weighted by Crippen LogP contribution is -2.37.